The molecule has 0 aliphatic rings. The van der Waals surface area contributed by atoms with Crippen LogP contribution in [0.1, 0.15) is 21.6 Å². The Morgan fingerprint density at radius 3 is 2.84 bits per heavy atom. The van der Waals surface area contributed by atoms with E-state index in [4.69, 9.17) is 0 Å². The highest BCUT2D eigenvalue weighted by molar-refractivity contribution is 6.00. The van der Waals surface area contributed by atoms with Crippen LogP contribution < -0.4 is 0 Å². The average Bonchev–Trinajstić information content (AvgIpc) is 2.88. The number of aromatic nitrogens is 3. The number of nitrogens with one attached hydrogen (secondary N) is 1. The Hall–Kier alpha value is -2.36. The van der Waals surface area contributed by atoms with E-state index in [1.165, 1.54) is 5.56 Å². The first kappa shape index (κ1) is 11.7. The molecule has 0 aliphatic carbocycles. The Balaban J connectivity index is 2.38. The van der Waals surface area contributed by atoms with E-state index in [-0.39, 0.29) is 0 Å². The average molecular weight is 253 g/mol. The van der Waals surface area contributed by atoms with Gasteiger partial charge in [-0.15, -0.1) is 0 Å². The first-order chi connectivity index (χ1) is 9.10. The molecular formula is C15H15N3O. The van der Waals surface area contributed by atoms with Gasteiger partial charge in [-0.3, -0.25) is 9.48 Å². The number of aryl methyl sites for hydroxylation is 3. The number of aromatic amines is 1. The second-order valence-corrected chi connectivity index (χ2v) is 4.90. The number of rotatable bonds is 2. The Morgan fingerprint density at radius 2 is 2.11 bits per heavy atom. The zero-order valence-corrected chi connectivity index (χ0v) is 11.2. The van der Waals surface area contributed by atoms with Gasteiger partial charge in [0.25, 0.3) is 0 Å². The number of hydrogen-bond donors (Lipinski definition) is 1. The van der Waals surface area contributed by atoms with E-state index >= 15 is 0 Å². The first-order valence-corrected chi connectivity index (χ1v) is 6.18. The van der Waals surface area contributed by atoms with Gasteiger partial charge in [-0.2, -0.15) is 5.10 Å². The summed E-state index contributed by atoms with van der Waals surface area (Å²) in [6.45, 7) is 4.07. The molecule has 0 fully saturated rings. The minimum atomic E-state index is 0.619. The predicted octanol–water partition coefficient (Wildman–Crippen LogP) is 3.00. The molecule has 0 spiro atoms. The van der Waals surface area contributed by atoms with Crippen molar-refractivity contribution < 1.29 is 4.79 Å². The summed E-state index contributed by atoms with van der Waals surface area (Å²) in [5.74, 6) is 0. The Labute approximate surface area is 111 Å². The summed E-state index contributed by atoms with van der Waals surface area (Å²) in [6.07, 6.45) is 2.60. The van der Waals surface area contributed by atoms with Crippen molar-refractivity contribution >= 4 is 17.2 Å². The van der Waals surface area contributed by atoms with Crippen LogP contribution in [0.15, 0.2) is 24.4 Å². The lowest BCUT2D eigenvalue weighted by Crippen LogP contribution is -1.89. The molecule has 0 bridgehead atoms. The van der Waals surface area contributed by atoms with E-state index in [9.17, 15) is 4.79 Å². The van der Waals surface area contributed by atoms with E-state index in [0.717, 1.165) is 34.1 Å². The third kappa shape index (κ3) is 1.76. The number of hydrogen-bond acceptors (Lipinski definition) is 2. The molecule has 3 rings (SSSR count). The summed E-state index contributed by atoms with van der Waals surface area (Å²) >= 11 is 0. The molecule has 4 nitrogen and oxygen atoms in total. The van der Waals surface area contributed by atoms with Crippen molar-refractivity contribution in [1.29, 1.82) is 0 Å². The third-order valence-electron chi connectivity index (χ3n) is 3.36. The number of aldehydes is 1. The molecule has 0 saturated heterocycles. The molecule has 19 heavy (non-hydrogen) atoms. The van der Waals surface area contributed by atoms with Crippen LogP contribution in [0.2, 0.25) is 0 Å². The van der Waals surface area contributed by atoms with Crippen LogP contribution in [0.4, 0.5) is 0 Å². The van der Waals surface area contributed by atoms with Gasteiger partial charge in [0.2, 0.25) is 0 Å². The second-order valence-electron chi connectivity index (χ2n) is 4.90. The molecule has 2 heterocycles. The monoisotopic (exact) mass is 253 g/mol. The number of carbonyl (C=O) groups excluding carboxylic acids is 1. The van der Waals surface area contributed by atoms with Gasteiger partial charge in [0.1, 0.15) is 5.69 Å². The molecule has 0 saturated carbocycles. The number of benzene rings is 1. The maximum atomic E-state index is 11.2. The van der Waals surface area contributed by atoms with Crippen LogP contribution in [0.25, 0.3) is 22.2 Å². The van der Waals surface area contributed by atoms with Crippen molar-refractivity contribution in [2.24, 2.45) is 7.05 Å². The van der Waals surface area contributed by atoms with Crippen molar-refractivity contribution in [1.82, 2.24) is 14.8 Å². The van der Waals surface area contributed by atoms with Crippen molar-refractivity contribution in [2.45, 2.75) is 13.8 Å². The molecule has 96 valence electrons. The van der Waals surface area contributed by atoms with Crippen LogP contribution in [0.3, 0.4) is 0 Å². The predicted molar refractivity (Wildman–Crippen MR) is 75.4 cm³/mol. The lowest BCUT2D eigenvalue weighted by atomic mass is 10.0. The van der Waals surface area contributed by atoms with Gasteiger partial charge < -0.3 is 4.98 Å². The van der Waals surface area contributed by atoms with Crippen LogP contribution in [-0.2, 0) is 7.05 Å². The molecule has 1 aromatic carbocycles. The maximum Gasteiger partial charge on any atom is 0.153 e. The summed E-state index contributed by atoms with van der Waals surface area (Å²) in [5.41, 5.74) is 5.67. The van der Waals surface area contributed by atoms with Gasteiger partial charge in [-0.25, -0.2) is 0 Å². The van der Waals surface area contributed by atoms with E-state index in [0.29, 0.717) is 5.56 Å². The fourth-order valence-corrected chi connectivity index (χ4v) is 2.53. The topological polar surface area (TPSA) is 50.7 Å². The third-order valence-corrected chi connectivity index (χ3v) is 3.36. The lowest BCUT2D eigenvalue weighted by molar-refractivity contribution is 0.112. The standard InChI is InChI=1S/C15H15N3O/c1-9-4-5-13-12(6-9)14(10(2)16-13)15-11(8-19)7-18(3)17-15/h4-8,16H,1-3H3. The smallest absolute Gasteiger partial charge is 0.153 e. The van der Waals surface area contributed by atoms with Gasteiger partial charge in [-0.1, -0.05) is 11.6 Å². The highest BCUT2D eigenvalue weighted by atomic mass is 16.1. The normalized spacial score (nSPS) is 11.1. The van der Waals surface area contributed by atoms with Crippen molar-refractivity contribution in [3.05, 3.63) is 41.2 Å². The van der Waals surface area contributed by atoms with Gasteiger partial charge in [-0.05, 0) is 26.0 Å². The summed E-state index contributed by atoms with van der Waals surface area (Å²) in [5, 5.41) is 5.54. The summed E-state index contributed by atoms with van der Waals surface area (Å²) in [4.78, 5) is 14.5. The fraction of sp³-hybridized carbons (Fsp3) is 0.200. The molecule has 0 amide bonds. The van der Waals surface area contributed by atoms with Crippen molar-refractivity contribution in [2.75, 3.05) is 0 Å². The van der Waals surface area contributed by atoms with Gasteiger partial charge in [0.15, 0.2) is 6.29 Å². The summed E-state index contributed by atoms with van der Waals surface area (Å²) in [6, 6.07) is 6.25. The zero-order valence-electron chi connectivity index (χ0n) is 11.2. The molecule has 3 aromatic rings. The van der Waals surface area contributed by atoms with E-state index in [1.54, 1.807) is 10.9 Å². The van der Waals surface area contributed by atoms with Crippen molar-refractivity contribution in [3.63, 3.8) is 0 Å². The molecule has 0 atom stereocenters. The molecule has 2 aromatic heterocycles. The van der Waals surface area contributed by atoms with E-state index in [2.05, 4.69) is 35.2 Å². The number of fused-ring (bicyclic) bond motifs is 1. The van der Waals surface area contributed by atoms with Crippen LogP contribution in [-0.4, -0.2) is 21.1 Å². The largest absolute Gasteiger partial charge is 0.358 e. The fourth-order valence-electron chi connectivity index (χ4n) is 2.53. The highest BCUT2D eigenvalue weighted by Crippen LogP contribution is 2.33. The maximum absolute atomic E-state index is 11.2. The summed E-state index contributed by atoms with van der Waals surface area (Å²) in [7, 11) is 1.83. The Morgan fingerprint density at radius 1 is 1.32 bits per heavy atom. The molecule has 1 N–H and O–H groups in total. The van der Waals surface area contributed by atoms with E-state index in [1.807, 2.05) is 14.0 Å². The highest BCUT2D eigenvalue weighted by Gasteiger charge is 2.17. The first-order valence-electron chi connectivity index (χ1n) is 6.18. The zero-order chi connectivity index (χ0) is 13.6. The number of nitrogens with zero attached hydrogens (tertiary/aromatic N) is 2. The van der Waals surface area contributed by atoms with Crippen LogP contribution >= 0.6 is 0 Å². The molecular weight excluding hydrogens is 238 g/mol. The van der Waals surface area contributed by atoms with Gasteiger partial charge in [0.05, 0.1) is 5.56 Å². The van der Waals surface area contributed by atoms with Crippen molar-refractivity contribution in [3.8, 4) is 11.3 Å². The quantitative estimate of drug-likeness (QED) is 0.714. The Kier molecular flexibility index (Phi) is 2.52. The minimum absolute atomic E-state index is 0.619. The Bertz CT molecular complexity index is 780. The SMILES string of the molecule is Cc1ccc2[nH]c(C)c(-c3nn(C)cc3C=O)c2c1. The molecule has 0 unspecified atom stereocenters. The van der Waals surface area contributed by atoms with E-state index < -0.39 is 0 Å². The number of carbonyl (C=O) groups is 1. The lowest BCUT2D eigenvalue weighted by Gasteiger charge is -1.99. The minimum Gasteiger partial charge on any atom is -0.358 e. The van der Waals surface area contributed by atoms with Crippen LogP contribution in [0, 0.1) is 13.8 Å². The molecule has 0 radical (unpaired) electrons. The van der Waals surface area contributed by atoms with Crippen LogP contribution in [0.5, 0.6) is 0 Å². The second kappa shape index (κ2) is 4.09. The number of H-pyrrole nitrogens is 1. The molecule has 0 aliphatic heterocycles. The molecule has 4 heteroatoms. The summed E-state index contributed by atoms with van der Waals surface area (Å²) < 4.78 is 1.67. The van der Waals surface area contributed by atoms with Gasteiger partial charge in [0, 0.05) is 35.4 Å². The van der Waals surface area contributed by atoms with Gasteiger partial charge >= 0.3 is 0 Å².